The molecule has 0 spiro atoms. The molecule has 2 rings (SSSR count). The predicted molar refractivity (Wildman–Crippen MR) is 67.2 cm³/mol. The highest BCUT2D eigenvalue weighted by molar-refractivity contribution is 5.97. The van der Waals surface area contributed by atoms with E-state index in [0.717, 1.165) is 16.7 Å². The third-order valence-electron chi connectivity index (χ3n) is 2.75. The third-order valence-corrected chi connectivity index (χ3v) is 2.75. The molecule has 3 heteroatoms. The number of rotatable bonds is 3. The van der Waals surface area contributed by atoms with Crippen LogP contribution in [0.4, 0.5) is 0 Å². The van der Waals surface area contributed by atoms with Gasteiger partial charge in [-0.25, -0.2) is 0 Å². The van der Waals surface area contributed by atoms with E-state index >= 15 is 0 Å². The topological polar surface area (TPSA) is 34.9 Å². The summed E-state index contributed by atoms with van der Waals surface area (Å²) in [6, 6.07) is 5.89. The van der Waals surface area contributed by atoms with Crippen molar-refractivity contribution >= 4 is 5.78 Å². The van der Waals surface area contributed by atoms with Gasteiger partial charge in [0.25, 0.3) is 0 Å². The van der Waals surface area contributed by atoms with E-state index in [-0.39, 0.29) is 5.78 Å². The SMILES string of the molecule is Cc1ccc(C(=O)Cn2cc(C)cn2)c(C)c1. The molecule has 17 heavy (non-hydrogen) atoms. The van der Waals surface area contributed by atoms with Crippen LogP contribution in [0.3, 0.4) is 0 Å². The first-order valence-corrected chi connectivity index (χ1v) is 5.66. The fourth-order valence-corrected chi connectivity index (χ4v) is 1.91. The Balaban J connectivity index is 2.20. The average Bonchev–Trinajstić information content (AvgIpc) is 2.63. The lowest BCUT2D eigenvalue weighted by Crippen LogP contribution is -2.12. The molecule has 0 N–H and O–H groups in total. The number of ketones is 1. The Labute approximate surface area is 101 Å². The van der Waals surface area contributed by atoms with Gasteiger partial charge in [-0.2, -0.15) is 5.10 Å². The van der Waals surface area contributed by atoms with Crippen LogP contribution in [0.25, 0.3) is 0 Å². The van der Waals surface area contributed by atoms with Crippen LogP contribution in [-0.2, 0) is 6.54 Å². The lowest BCUT2D eigenvalue weighted by Gasteiger charge is -2.06. The molecule has 1 heterocycles. The first-order chi connectivity index (χ1) is 8.06. The largest absolute Gasteiger partial charge is 0.292 e. The van der Waals surface area contributed by atoms with Gasteiger partial charge < -0.3 is 0 Å². The Kier molecular flexibility index (Phi) is 3.09. The smallest absolute Gasteiger partial charge is 0.184 e. The molecular weight excluding hydrogens is 212 g/mol. The molecule has 0 radical (unpaired) electrons. The highest BCUT2D eigenvalue weighted by Gasteiger charge is 2.10. The molecule has 0 amide bonds. The molecule has 0 atom stereocenters. The molecule has 0 aliphatic rings. The van der Waals surface area contributed by atoms with Gasteiger partial charge in [0.15, 0.2) is 5.78 Å². The van der Waals surface area contributed by atoms with Crippen molar-refractivity contribution in [2.24, 2.45) is 0 Å². The quantitative estimate of drug-likeness (QED) is 0.757. The van der Waals surface area contributed by atoms with Gasteiger partial charge in [-0.1, -0.05) is 23.8 Å². The van der Waals surface area contributed by atoms with E-state index < -0.39 is 0 Å². The average molecular weight is 228 g/mol. The number of nitrogens with zero attached hydrogens (tertiary/aromatic N) is 2. The van der Waals surface area contributed by atoms with E-state index in [1.165, 1.54) is 5.56 Å². The summed E-state index contributed by atoms with van der Waals surface area (Å²) in [4.78, 5) is 12.1. The molecule has 0 saturated heterocycles. The summed E-state index contributed by atoms with van der Waals surface area (Å²) in [6.07, 6.45) is 3.64. The first kappa shape index (κ1) is 11.6. The molecule has 1 aromatic heterocycles. The Bertz CT molecular complexity index is 555. The Morgan fingerprint density at radius 2 is 2.00 bits per heavy atom. The Hall–Kier alpha value is -1.90. The maximum atomic E-state index is 12.1. The first-order valence-electron chi connectivity index (χ1n) is 5.66. The molecule has 0 aliphatic carbocycles. The van der Waals surface area contributed by atoms with Crippen molar-refractivity contribution < 1.29 is 4.79 Å². The minimum Gasteiger partial charge on any atom is -0.292 e. The number of aryl methyl sites for hydroxylation is 3. The van der Waals surface area contributed by atoms with Crippen molar-refractivity contribution in [2.75, 3.05) is 0 Å². The zero-order chi connectivity index (χ0) is 12.4. The van der Waals surface area contributed by atoms with Gasteiger partial charge >= 0.3 is 0 Å². The van der Waals surface area contributed by atoms with E-state index in [2.05, 4.69) is 5.10 Å². The number of benzene rings is 1. The number of hydrogen-bond donors (Lipinski definition) is 0. The second-order valence-electron chi connectivity index (χ2n) is 4.46. The monoisotopic (exact) mass is 228 g/mol. The third kappa shape index (κ3) is 2.61. The van der Waals surface area contributed by atoms with Crippen LogP contribution in [0, 0.1) is 20.8 Å². The molecular formula is C14H16N2O. The maximum absolute atomic E-state index is 12.1. The highest BCUT2D eigenvalue weighted by atomic mass is 16.1. The van der Waals surface area contributed by atoms with Gasteiger partial charge in [0, 0.05) is 11.8 Å². The fourth-order valence-electron chi connectivity index (χ4n) is 1.91. The molecule has 0 saturated carbocycles. The normalized spacial score (nSPS) is 10.5. The van der Waals surface area contributed by atoms with Gasteiger partial charge in [0.05, 0.1) is 6.20 Å². The maximum Gasteiger partial charge on any atom is 0.184 e. The van der Waals surface area contributed by atoms with Crippen LogP contribution in [0.15, 0.2) is 30.6 Å². The summed E-state index contributed by atoms with van der Waals surface area (Å²) >= 11 is 0. The van der Waals surface area contributed by atoms with Gasteiger partial charge in [-0.05, 0) is 31.9 Å². The molecule has 0 unspecified atom stereocenters. The van der Waals surface area contributed by atoms with Gasteiger partial charge in [-0.15, -0.1) is 0 Å². The minimum atomic E-state index is 0.102. The van der Waals surface area contributed by atoms with E-state index in [9.17, 15) is 4.79 Å². The van der Waals surface area contributed by atoms with Crippen LogP contribution in [0.5, 0.6) is 0 Å². The van der Waals surface area contributed by atoms with Crippen LogP contribution in [0.1, 0.15) is 27.0 Å². The molecule has 0 bridgehead atoms. The summed E-state index contributed by atoms with van der Waals surface area (Å²) < 4.78 is 1.68. The summed E-state index contributed by atoms with van der Waals surface area (Å²) in [5.41, 5.74) is 4.05. The molecule has 88 valence electrons. The van der Waals surface area contributed by atoms with Crippen molar-refractivity contribution in [1.82, 2.24) is 9.78 Å². The molecule has 0 aliphatic heterocycles. The summed E-state index contributed by atoms with van der Waals surface area (Å²) in [5.74, 6) is 0.102. The lowest BCUT2D eigenvalue weighted by molar-refractivity contribution is 0.0967. The predicted octanol–water partition coefficient (Wildman–Crippen LogP) is 2.69. The summed E-state index contributed by atoms with van der Waals surface area (Å²) in [7, 11) is 0. The number of carbonyl (C=O) groups excluding carboxylic acids is 1. The van der Waals surface area contributed by atoms with E-state index in [0.29, 0.717) is 6.54 Å². The van der Waals surface area contributed by atoms with Gasteiger partial charge in [0.1, 0.15) is 6.54 Å². The highest BCUT2D eigenvalue weighted by Crippen LogP contribution is 2.12. The zero-order valence-corrected chi connectivity index (χ0v) is 10.4. The summed E-state index contributed by atoms with van der Waals surface area (Å²) in [6.45, 7) is 6.26. The number of aromatic nitrogens is 2. The fraction of sp³-hybridized carbons (Fsp3) is 0.286. The number of carbonyl (C=O) groups is 1. The number of hydrogen-bond acceptors (Lipinski definition) is 2. The van der Waals surface area contributed by atoms with E-state index in [4.69, 9.17) is 0 Å². The molecule has 1 aromatic carbocycles. The standard InChI is InChI=1S/C14H16N2O/c1-10-4-5-13(12(3)6-10)14(17)9-16-8-11(2)7-15-16/h4-8H,9H2,1-3H3. The summed E-state index contributed by atoms with van der Waals surface area (Å²) in [5, 5.41) is 4.12. The Morgan fingerprint density at radius 1 is 1.24 bits per heavy atom. The van der Waals surface area contributed by atoms with Crippen molar-refractivity contribution in [2.45, 2.75) is 27.3 Å². The Morgan fingerprint density at radius 3 is 2.59 bits per heavy atom. The van der Waals surface area contributed by atoms with E-state index in [1.54, 1.807) is 10.9 Å². The van der Waals surface area contributed by atoms with Crippen molar-refractivity contribution in [3.05, 3.63) is 52.8 Å². The second-order valence-corrected chi connectivity index (χ2v) is 4.46. The van der Waals surface area contributed by atoms with Crippen molar-refractivity contribution in [3.63, 3.8) is 0 Å². The zero-order valence-electron chi connectivity index (χ0n) is 10.4. The second kappa shape index (κ2) is 4.53. The van der Waals surface area contributed by atoms with Crippen LogP contribution >= 0.6 is 0 Å². The van der Waals surface area contributed by atoms with Crippen LogP contribution in [-0.4, -0.2) is 15.6 Å². The molecule has 2 aromatic rings. The van der Waals surface area contributed by atoms with E-state index in [1.807, 2.05) is 45.2 Å². The van der Waals surface area contributed by atoms with Crippen molar-refractivity contribution in [3.8, 4) is 0 Å². The van der Waals surface area contributed by atoms with Crippen LogP contribution < -0.4 is 0 Å². The lowest BCUT2D eigenvalue weighted by atomic mass is 10.0. The van der Waals surface area contributed by atoms with Gasteiger partial charge in [0.2, 0.25) is 0 Å². The molecule has 3 nitrogen and oxygen atoms in total. The van der Waals surface area contributed by atoms with Crippen molar-refractivity contribution in [1.29, 1.82) is 0 Å². The minimum absolute atomic E-state index is 0.102. The van der Waals surface area contributed by atoms with Gasteiger partial charge in [-0.3, -0.25) is 9.48 Å². The molecule has 0 fully saturated rings. The number of Topliss-reactive ketones (excluding diaryl/α,β-unsaturated/α-hetero) is 1. The van der Waals surface area contributed by atoms with Crippen LogP contribution in [0.2, 0.25) is 0 Å².